The van der Waals surface area contributed by atoms with Gasteiger partial charge < -0.3 is 14.2 Å². The van der Waals surface area contributed by atoms with E-state index in [1.807, 2.05) is 0 Å². The van der Waals surface area contributed by atoms with Gasteiger partial charge in [0.25, 0.3) is 0 Å². The van der Waals surface area contributed by atoms with Gasteiger partial charge in [0, 0.05) is 19.4 Å². The molecule has 0 radical (unpaired) electrons. The van der Waals surface area contributed by atoms with E-state index in [1.165, 1.54) is 38.5 Å². The fourth-order valence-corrected chi connectivity index (χ4v) is 5.53. The molecule has 0 saturated heterocycles. The van der Waals surface area contributed by atoms with Crippen LogP contribution in [0, 0.1) is 0 Å². The summed E-state index contributed by atoms with van der Waals surface area (Å²) in [6.45, 7) is 7.45. The van der Waals surface area contributed by atoms with E-state index in [0.717, 1.165) is 103 Å². The van der Waals surface area contributed by atoms with Crippen molar-refractivity contribution in [2.24, 2.45) is 0 Å². The molecular weight excluding hydrogens is 693 g/mol. The Labute approximate surface area is 344 Å². The van der Waals surface area contributed by atoms with Gasteiger partial charge in [0.15, 0.2) is 6.10 Å². The third kappa shape index (κ3) is 43.3. The highest BCUT2D eigenvalue weighted by molar-refractivity contribution is 5.70. The maximum absolute atomic E-state index is 12.7. The summed E-state index contributed by atoms with van der Waals surface area (Å²) in [5, 5.41) is 0. The standard InChI is InChI=1S/C51H82O5/c1-4-7-10-13-16-19-21-23-25-26-28-29-31-33-35-38-41-44-50(52)55-48-49(47-54-46-43-40-37-18-15-12-9-6-3)56-51(53)45-42-39-36-34-32-30-27-24-22-20-17-14-11-8-5-2/h7-8,10-11,16-17,19-20,23-25,27-29,32-35,49H,4-6,9,12-15,18,21-22,26,30-31,36-48H2,1-3H3/b10-7-,11-8-,19-16-,20-17-,25-23-,27-24-,29-28-,34-32-,35-33-. The zero-order valence-corrected chi connectivity index (χ0v) is 36.1. The smallest absolute Gasteiger partial charge is 0.306 e. The molecule has 0 aromatic carbocycles. The van der Waals surface area contributed by atoms with Crippen molar-refractivity contribution in [3.63, 3.8) is 0 Å². The van der Waals surface area contributed by atoms with Crippen LogP contribution in [0.5, 0.6) is 0 Å². The van der Waals surface area contributed by atoms with Crippen molar-refractivity contribution in [3.8, 4) is 0 Å². The highest BCUT2D eigenvalue weighted by atomic mass is 16.6. The molecule has 0 aliphatic carbocycles. The van der Waals surface area contributed by atoms with Crippen LogP contribution < -0.4 is 0 Å². The van der Waals surface area contributed by atoms with Crippen molar-refractivity contribution >= 4 is 11.9 Å². The summed E-state index contributed by atoms with van der Waals surface area (Å²) in [5.41, 5.74) is 0. The Morgan fingerprint density at radius 3 is 1.30 bits per heavy atom. The maximum atomic E-state index is 12.7. The van der Waals surface area contributed by atoms with Crippen molar-refractivity contribution in [2.45, 2.75) is 181 Å². The highest BCUT2D eigenvalue weighted by Crippen LogP contribution is 2.10. The van der Waals surface area contributed by atoms with Crippen molar-refractivity contribution in [1.29, 1.82) is 0 Å². The predicted molar refractivity (Wildman–Crippen MR) is 242 cm³/mol. The topological polar surface area (TPSA) is 61.8 Å². The SMILES string of the molecule is CC/C=C\C/C=C\C/C=C\C/C=C\C/C=C\CCCC(=O)OCC(COCCCCCCCCCC)OC(=O)CCCC/C=C\C/C=C\C/C=C\C/C=C\CC. The zero-order chi connectivity index (χ0) is 40.7. The summed E-state index contributed by atoms with van der Waals surface area (Å²) in [5.74, 6) is -0.523. The molecule has 0 aromatic rings. The number of ether oxygens (including phenoxy) is 3. The molecule has 0 saturated carbocycles. The van der Waals surface area contributed by atoms with Crippen molar-refractivity contribution in [3.05, 3.63) is 109 Å². The number of carbonyl (C=O) groups is 2. The summed E-state index contributed by atoms with van der Waals surface area (Å²) in [6, 6.07) is 0. The number of unbranched alkanes of at least 4 members (excludes halogenated alkanes) is 10. The lowest BCUT2D eigenvalue weighted by molar-refractivity contribution is -0.162. The first-order valence-electron chi connectivity index (χ1n) is 22.4. The van der Waals surface area contributed by atoms with Gasteiger partial charge in [-0.05, 0) is 96.3 Å². The first kappa shape index (κ1) is 52.6. The van der Waals surface area contributed by atoms with Crippen LogP contribution in [0.1, 0.15) is 175 Å². The van der Waals surface area contributed by atoms with Gasteiger partial charge in [0.05, 0.1) is 6.61 Å². The van der Waals surface area contributed by atoms with Crippen molar-refractivity contribution < 1.29 is 23.8 Å². The molecule has 1 atom stereocenters. The molecule has 5 heteroatoms. The molecule has 0 aromatic heterocycles. The third-order valence-electron chi connectivity index (χ3n) is 8.80. The van der Waals surface area contributed by atoms with Crippen molar-refractivity contribution in [2.75, 3.05) is 19.8 Å². The van der Waals surface area contributed by atoms with E-state index in [4.69, 9.17) is 14.2 Å². The lowest BCUT2D eigenvalue weighted by atomic mass is 10.1. The normalized spacial score (nSPS) is 13.3. The van der Waals surface area contributed by atoms with E-state index < -0.39 is 6.10 Å². The summed E-state index contributed by atoms with van der Waals surface area (Å²) in [4.78, 5) is 25.2. The average molecular weight is 775 g/mol. The molecule has 0 bridgehead atoms. The molecule has 0 aliphatic heterocycles. The quantitative estimate of drug-likeness (QED) is 0.0354. The first-order valence-corrected chi connectivity index (χ1v) is 22.4. The predicted octanol–water partition coefficient (Wildman–Crippen LogP) is 14.9. The van der Waals surface area contributed by atoms with E-state index >= 15 is 0 Å². The van der Waals surface area contributed by atoms with Crippen LogP contribution in [0.15, 0.2) is 109 Å². The summed E-state index contributed by atoms with van der Waals surface area (Å²) in [7, 11) is 0. The van der Waals surface area contributed by atoms with Crippen LogP contribution in [-0.2, 0) is 23.8 Å². The zero-order valence-electron chi connectivity index (χ0n) is 36.1. The van der Waals surface area contributed by atoms with Gasteiger partial charge in [-0.2, -0.15) is 0 Å². The lowest BCUT2D eigenvalue weighted by Gasteiger charge is -2.18. The number of carbonyl (C=O) groups excluding carboxylic acids is 2. The fourth-order valence-electron chi connectivity index (χ4n) is 5.53. The number of rotatable bonds is 39. The Hall–Kier alpha value is -3.44. The molecule has 1 unspecified atom stereocenters. The molecule has 0 heterocycles. The largest absolute Gasteiger partial charge is 0.462 e. The molecular formula is C51H82O5. The van der Waals surface area contributed by atoms with Crippen LogP contribution in [0.25, 0.3) is 0 Å². The second-order valence-corrected chi connectivity index (χ2v) is 14.2. The van der Waals surface area contributed by atoms with Gasteiger partial charge in [0.2, 0.25) is 0 Å². The second-order valence-electron chi connectivity index (χ2n) is 14.2. The number of esters is 2. The van der Waals surface area contributed by atoms with Crippen molar-refractivity contribution in [1.82, 2.24) is 0 Å². The monoisotopic (exact) mass is 775 g/mol. The maximum Gasteiger partial charge on any atom is 0.306 e. The van der Waals surface area contributed by atoms with Gasteiger partial charge in [-0.3, -0.25) is 9.59 Å². The van der Waals surface area contributed by atoms with Crippen LogP contribution in [-0.4, -0.2) is 37.9 Å². The summed E-state index contributed by atoms with van der Waals surface area (Å²) < 4.78 is 17.2. The highest BCUT2D eigenvalue weighted by Gasteiger charge is 2.17. The molecule has 0 aliphatic rings. The van der Waals surface area contributed by atoms with Gasteiger partial charge in [-0.15, -0.1) is 0 Å². The van der Waals surface area contributed by atoms with Crippen LogP contribution in [0.2, 0.25) is 0 Å². The van der Waals surface area contributed by atoms with Gasteiger partial charge >= 0.3 is 11.9 Å². The molecule has 5 nitrogen and oxygen atoms in total. The van der Waals surface area contributed by atoms with E-state index in [0.29, 0.717) is 19.4 Å². The first-order chi connectivity index (χ1) is 27.6. The van der Waals surface area contributed by atoms with E-state index in [-0.39, 0.29) is 25.2 Å². The minimum absolute atomic E-state index is 0.0334. The molecule has 0 fully saturated rings. The Balaban J connectivity index is 4.40. The van der Waals surface area contributed by atoms with Gasteiger partial charge in [-0.1, -0.05) is 175 Å². The molecule has 56 heavy (non-hydrogen) atoms. The molecule has 0 N–H and O–H groups in total. The van der Waals surface area contributed by atoms with E-state index in [1.54, 1.807) is 0 Å². The third-order valence-corrected chi connectivity index (χ3v) is 8.80. The molecule has 0 spiro atoms. The van der Waals surface area contributed by atoms with E-state index in [9.17, 15) is 9.59 Å². The lowest BCUT2D eigenvalue weighted by Crippen LogP contribution is -2.30. The minimum Gasteiger partial charge on any atom is -0.462 e. The molecule has 316 valence electrons. The Morgan fingerprint density at radius 2 is 0.821 bits per heavy atom. The number of hydrogen-bond donors (Lipinski definition) is 0. The summed E-state index contributed by atoms with van der Waals surface area (Å²) >= 11 is 0. The minimum atomic E-state index is -0.583. The van der Waals surface area contributed by atoms with Gasteiger partial charge in [0.1, 0.15) is 6.61 Å². The van der Waals surface area contributed by atoms with Crippen LogP contribution in [0.4, 0.5) is 0 Å². The number of hydrogen-bond acceptors (Lipinski definition) is 5. The Morgan fingerprint density at radius 1 is 0.411 bits per heavy atom. The van der Waals surface area contributed by atoms with Gasteiger partial charge in [-0.25, -0.2) is 0 Å². The average Bonchev–Trinajstić information content (AvgIpc) is 3.20. The van der Waals surface area contributed by atoms with Crippen LogP contribution >= 0.6 is 0 Å². The fraction of sp³-hybridized carbons (Fsp3) is 0.608. The van der Waals surface area contributed by atoms with E-state index in [2.05, 4.69) is 130 Å². The Kier molecular flexibility index (Phi) is 43.1. The second kappa shape index (κ2) is 45.9. The summed E-state index contributed by atoms with van der Waals surface area (Å²) in [6.07, 6.45) is 62.4. The molecule has 0 rings (SSSR count). The number of allylic oxidation sites excluding steroid dienone is 18. The Bertz CT molecular complexity index is 1150. The van der Waals surface area contributed by atoms with Crippen LogP contribution in [0.3, 0.4) is 0 Å². The molecule has 0 amide bonds.